The highest BCUT2D eigenvalue weighted by Crippen LogP contribution is 2.29. The van der Waals surface area contributed by atoms with Gasteiger partial charge in [0.25, 0.3) is 0 Å². The van der Waals surface area contributed by atoms with Crippen molar-refractivity contribution < 1.29 is 28.5 Å². The van der Waals surface area contributed by atoms with Crippen molar-refractivity contribution in [3.8, 4) is 11.5 Å². The maximum Gasteiger partial charge on any atom is 0.407 e. The lowest BCUT2D eigenvalue weighted by molar-refractivity contribution is 0.0512. The van der Waals surface area contributed by atoms with Crippen molar-refractivity contribution in [3.63, 3.8) is 0 Å². The molecule has 0 fully saturated rings. The van der Waals surface area contributed by atoms with E-state index in [9.17, 15) is 9.59 Å². The SMILES string of the molecule is CC(C)(C)OC(=O)NCc1ccc2c(c1)NC(=S)CO2.[C-]#[N+]N=C1COc2ccc(CNC(=O)OC(C)(C)C)cc2N1. The molecular formula is C29H36N6O6S. The summed E-state index contributed by atoms with van der Waals surface area (Å²) in [4.78, 5) is 26.8. The lowest BCUT2D eigenvalue weighted by Crippen LogP contribution is -2.32. The maximum atomic E-state index is 11.6. The fraction of sp³-hybridized carbons (Fsp3) is 0.414. The van der Waals surface area contributed by atoms with Gasteiger partial charge in [0.05, 0.1) is 11.4 Å². The summed E-state index contributed by atoms with van der Waals surface area (Å²) in [5, 5.41) is 15.1. The summed E-state index contributed by atoms with van der Waals surface area (Å²) in [6.07, 6.45) is -0.903. The van der Waals surface area contributed by atoms with Gasteiger partial charge in [-0.15, -0.1) is 4.95 Å². The van der Waals surface area contributed by atoms with E-state index in [1.807, 2.05) is 77.9 Å². The second kappa shape index (κ2) is 13.9. The zero-order chi connectivity index (χ0) is 30.9. The molecule has 2 aliphatic rings. The zero-order valence-corrected chi connectivity index (χ0v) is 25.4. The Kier molecular flexibility index (Phi) is 10.5. The van der Waals surface area contributed by atoms with Crippen LogP contribution in [0.25, 0.3) is 4.95 Å². The van der Waals surface area contributed by atoms with Gasteiger partial charge in [-0.2, -0.15) is 6.57 Å². The number of anilines is 2. The molecule has 2 aliphatic heterocycles. The number of rotatable bonds is 4. The van der Waals surface area contributed by atoms with E-state index >= 15 is 0 Å². The number of alkyl carbamates (subject to hydrolysis) is 2. The first-order chi connectivity index (χ1) is 19.7. The van der Waals surface area contributed by atoms with E-state index in [1.54, 1.807) is 0 Å². The average molecular weight is 597 g/mol. The number of amidine groups is 1. The first-order valence-electron chi connectivity index (χ1n) is 13.2. The minimum atomic E-state index is -0.527. The number of thiocarbonyl (C=S) groups is 1. The second-order valence-corrected chi connectivity index (χ2v) is 11.8. The number of fused-ring (bicyclic) bond motifs is 2. The molecule has 0 aromatic heterocycles. The van der Waals surface area contributed by atoms with Crippen molar-refractivity contribution in [2.45, 2.75) is 65.8 Å². The minimum Gasteiger partial charge on any atom is -0.484 e. The maximum absolute atomic E-state index is 11.6. The summed E-state index contributed by atoms with van der Waals surface area (Å²) in [6.45, 7) is 19.0. The van der Waals surface area contributed by atoms with Crippen LogP contribution >= 0.6 is 12.2 Å². The van der Waals surface area contributed by atoms with Gasteiger partial charge in [0, 0.05) is 13.1 Å². The summed E-state index contributed by atoms with van der Waals surface area (Å²) in [7, 11) is 0. The van der Waals surface area contributed by atoms with Crippen molar-refractivity contribution in [2.75, 3.05) is 23.8 Å². The van der Waals surface area contributed by atoms with Gasteiger partial charge in [-0.05, 0) is 76.9 Å². The molecule has 4 rings (SSSR count). The molecule has 2 heterocycles. The number of amides is 2. The lowest BCUT2D eigenvalue weighted by Gasteiger charge is -2.21. The van der Waals surface area contributed by atoms with Crippen LogP contribution in [0.3, 0.4) is 0 Å². The number of nitrogens with one attached hydrogen (secondary N) is 4. The van der Waals surface area contributed by atoms with Gasteiger partial charge in [0.1, 0.15) is 39.4 Å². The molecule has 2 aromatic carbocycles. The van der Waals surface area contributed by atoms with E-state index < -0.39 is 23.4 Å². The van der Waals surface area contributed by atoms with Crippen LogP contribution in [0, 0.1) is 6.57 Å². The molecule has 13 heteroatoms. The molecule has 0 bridgehead atoms. The number of carbonyl (C=O) groups is 2. The molecule has 0 atom stereocenters. The van der Waals surface area contributed by atoms with Crippen molar-refractivity contribution >= 4 is 46.6 Å². The van der Waals surface area contributed by atoms with Gasteiger partial charge in [0.15, 0.2) is 6.61 Å². The molecule has 0 spiro atoms. The Labute approximate surface area is 250 Å². The summed E-state index contributed by atoms with van der Waals surface area (Å²) in [5.41, 5.74) is 2.34. The molecule has 0 saturated heterocycles. The van der Waals surface area contributed by atoms with Crippen LogP contribution in [0.1, 0.15) is 52.7 Å². The predicted octanol–water partition coefficient (Wildman–Crippen LogP) is 5.59. The minimum absolute atomic E-state index is 0.241. The molecule has 12 nitrogen and oxygen atoms in total. The van der Waals surface area contributed by atoms with E-state index in [4.69, 9.17) is 37.7 Å². The van der Waals surface area contributed by atoms with Crippen molar-refractivity contribution in [2.24, 2.45) is 5.10 Å². The van der Waals surface area contributed by atoms with E-state index in [2.05, 4.69) is 31.3 Å². The number of benzene rings is 2. The number of hydrogen-bond acceptors (Lipinski definition) is 8. The Hall–Kier alpha value is -4.57. The Morgan fingerprint density at radius 1 is 0.881 bits per heavy atom. The summed E-state index contributed by atoms with van der Waals surface area (Å²) in [6, 6.07) is 11.2. The first kappa shape index (κ1) is 32.0. The quantitative estimate of drug-likeness (QED) is 0.202. The van der Waals surface area contributed by atoms with Crippen LogP contribution in [0.4, 0.5) is 21.0 Å². The largest absolute Gasteiger partial charge is 0.484 e. The smallest absolute Gasteiger partial charge is 0.407 e. The molecule has 0 aliphatic carbocycles. The lowest BCUT2D eigenvalue weighted by atomic mass is 10.1. The summed E-state index contributed by atoms with van der Waals surface area (Å²) < 4.78 is 21.3. The normalized spacial score (nSPS) is 14.5. The number of hydrogen-bond donors (Lipinski definition) is 4. The standard InChI is InChI=1S/C15H18N4O3.C14H18N2O3S/c1-15(2,3)22-14(20)17-8-10-5-6-12-11(7-10)18-13(9-21-12)19-16-4;1-14(2,3)19-13(17)15-7-9-4-5-11-10(6-9)16-12(20)8-18-11/h5-7H,8-9H2,1-3H3,(H,17,20)(H,18,19);4-6H,7-8H2,1-3H3,(H,15,17)(H,16,20). The first-order valence-corrected chi connectivity index (χ1v) is 13.6. The average Bonchev–Trinajstić information content (AvgIpc) is 2.89. The van der Waals surface area contributed by atoms with Crippen LogP contribution < -0.4 is 30.7 Å². The molecule has 42 heavy (non-hydrogen) atoms. The predicted molar refractivity (Wildman–Crippen MR) is 164 cm³/mol. The Morgan fingerprint density at radius 3 is 1.83 bits per heavy atom. The molecular weight excluding hydrogens is 560 g/mol. The monoisotopic (exact) mass is 596 g/mol. The third-order valence-electron chi connectivity index (χ3n) is 5.21. The van der Waals surface area contributed by atoms with Gasteiger partial charge in [-0.3, -0.25) is 0 Å². The fourth-order valence-electron chi connectivity index (χ4n) is 3.58. The molecule has 2 aromatic rings. The van der Waals surface area contributed by atoms with Gasteiger partial charge >= 0.3 is 12.2 Å². The van der Waals surface area contributed by atoms with Crippen molar-refractivity contribution in [1.82, 2.24) is 10.6 Å². The number of nitrogens with zero attached hydrogens (tertiary/aromatic N) is 2. The van der Waals surface area contributed by atoms with Crippen molar-refractivity contribution in [3.05, 3.63) is 59.1 Å². The van der Waals surface area contributed by atoms with Gasteiger partial charge in [0.2, 0.25) is 5.84 Å². The zero-order valence-electron chi connectivity index (χ0n) is 24.5. The van der Waals surface area contributed by atoms with Gasteiger partial charge in [-0.1, -0.05) is 24.4 Å². The topological polar surface area (TPSA) is 136 Å². The second-order valence-electron chi connectivity index (χ2n) is 11.3. The van der Waals surface area contributed by atoms with Gasteiger partial charge in [-0.25, -0.2) is 9.59 Å². The molecule has 224 valence electrons. The van der Waals surface area contributed by atoms with Crippen molar-refractivity contribution in [1.29, 1.82) is 0 Å². The third-order valence-corrected chi connectivity index (χ3v) is 5.43. The molecule has 0 unspecified atom stereocenters. The van der Waals surface area contributed by atoms with Crippen LogP contribution in [0.5, 0.6) is 11.5 Å². The highest BCUT2D eigenvalue weighted by atomic mass is 32.1. The van der Waals surface area contributed by atoms with Crippen LogP contribution in [-0.2, 0) is 22.6 Å². The van der Waals surface area contributed by atoms with E-state index in [0.29, 0.717) is 36.3 Å². The molecule has 0 radical (unpaired) electrons. The number of carbonyl (C=O) groups excluding carboxylic acids is 2. The Morgan fingerprint density at radius 2 is 1.36 bits per heavy atom. The highest BCUT2D eigenvalue weighted by Gasteiger charge is 2.19. The molecule has 2 amide bonds. The third kappa shape index (κ3) is 10.8. The number of ether oxygens (including phenoxy) is 4. The Balaban J connectivity index is 0.000000231. The fourth-order valence-corrected chi connectivity index (χ4v) is 3.75. The van der Waals surface area contributed by atoms with Crippen LogP contribution in [0.15, 0.2) is 41.5 Å². The van der Waals surface area contributed by atoms with E-state index in [1.165, 1.54) is 0 Å². The summed E-state index contributed by atoms with van der Waals surface area (Å²) in [5.74, 6) is 1.91. The van der Waals surface area contributed by atoms with Crippen LogP contribution in [-0.4, -0.2) is 47.4 Å². The highest BCUT2D eigenvalue weighted by molar-refractivity contribution is 7.80. The summed E-state index contributed by atoms with van der Waals surface area (Å²) >= 11 is 5.07. The van der Waals surface area contributed by atoms with Crippen LogP contribution in [0.2, 0.25) is 0 Å². The van der Waals surface area contributed by atoms with E-state index in [0.717, 1.165) is 28.3 Å². The molecule has 0 saturated carbocycles. The Bertz CT molecular complexity index is 1390. The molecule has 4 N–H and O–H groups in total. The van der Waals surface area contributed by atoms with Gasteiger partial charge < -0.3 is 40.2 Å². The van der Waals surface area contributed by atoms with E-state index in [-0.39, 0.29) is 6.61 Å².